The molecule has 4 heterocycles. The quantitative estimate of drug-likeness (QED) is 0.389. The fourth-order valence-corrected chi connectivity index (χ4v) is 7.58. The smallest absolute Gasteiger partial charge is 0.254 e. The summed E-state index contributed by atoms with van der Waals surface area (Å²) < 4.78 is 0. The van der Waals surface area contributed by atoms with Gasteiger partial charge in [-0.3, -0.25) is 9.59 Å². The first-order chi connectivity index (χ1) is 18.7. The molecule has 2 aromatic heterocycles. The topological polar surface area (TPSA) is 98.0 Å². The standard InChI is InChI=1S/C31H36N6O2/c1-18(38)36-10-7-19(8-11-36)28-34-25-14-21-15-27-30(2,3)31(4,22(21)16-26(25)35-28)9-12-37(27)29(39)20-5-6-23-24(13-20)33-17-32-23/h5-6,13-14,16-17,19,27H,7-12,15H2,1-4H3,(H,32,33)(H,34,35)/t27?,31-/m0/s1. The predicted octanol–water partition coefficient (Wildman–Crippen LogP) is 4.92. The highest BCUT2D eigenvalue weighted by atomic mass is 16.2. The second-order valence-electron chi connectivity index (χ2n) is 12.6. The third kappa shape index (κ3) is 3.56. The maximum Gasteiger partial charge on any atom is 0.254 e. The summed E-state index contributed by atoms with van der Waals surface area (Å²) in [5, 5.41) is 0. The summed E-state index contributed by atoms with van der Waals surface area (Å²) in [6.07, 6.45) is 5.28. The number of hydrogen-bond donors (Lipinski definition) is 2. The average Bonchev–Trinajstić information content (AvgIpc) is 3.56. The molecule has 0 radical (unpaired) electrons. The van der Waals surface area contributed by atoms with Crippen LogP contribution in [0.2, 0.25) is 0 Å². The Balaban J connectivity index is 1.22. The molecule has 2 aliphatic heterocycles. The molecule has 3 aliphatic rings. The van der Waals surface area contributed by atoms with Gasteiger partial charge in [0.05, 0.1) is 28.4 Å². The van der Waals surface area contributed by atoms with Crippen LogP contribution in [0.15, 0.2) is 36.7 Å². The van der Waals surface area contributed by atoms with Crippen LogP contribution in [0, 0.1) is 5.41 Å². The molecule has 7 rings (SSSR count). The molecule has 2 N–H and O–H groups in total. The Kier molecular flexibility index (Phi) is 5.25. The van der Waals surface area contributed by atoms with Crippen LogP contribution in [0.5, 0.6) is 0 Å². The van der Waals surface area contributed by atoms with E-state index in [-0.39, 0.29) is 28.7 Å². The molecule has 8 nitrogen and oxygen atoms in total. The Labute approximate surface area is 228 Å². The monoisotopic (exact) mass is 524 g/mol. The minimum Gasteiger partial charge on any atom is -0.345 e. The van der Waals surface area contributed by atoms with Crippen molar-refractivity contribution in [3.8, 4) is 0 Å². The maximum atomic E-state index is 13.9. The molecule has 8 heteroatoms. The Morgan fingerprint density at radius 2 is 1.79 bits per heavy atom. The summed E-state index contributed by atoms with van der Waals surface area (Å²) >= 11 is 0. The van der Waals surface area contributed by atoms with Crippen LogP contribution in [-0.2, 0) is 16.6 Å². The SMILES string of the molecule is CC(=O)N1CCC(c2nc3cc4c(cc3[nH]2)[C@]2(C)CCN(C(=O)c3ccc5nc[nH]c5c3)C(C4)C2(C)C)CC1. The second-order valence-corrected chi connectivity index (χ2v) is 12.6. The van der Waals surface area contributed by atoms with Crippen LogP contribution in [0.1, 0.15) is 80.2 Å². The highest BCUT2D eigenvalue weighted by molar-refractivity contribution is 5.97. The number of amides is 2. The molecule has 1 unspecified atom stereocenters. The molecular formula is C31H36N6O2. The van der Waals surface area contributed by atoms with E-state index in [0.717, 1.165) is 73.2 Å². The molecule has 39 heavy (non-hydrogen) atoms. The zero-order valence-electron chi connectivity index (χ0n) is 23.2. The molecule has 0 saturated carbocycles. The van der Waals surface area contributed by atoms with Crippen LogP contribution < -0.4 is 0 Å². The second kappa shape index (κ2) is 8.41. The van der Waals surface area contributed by atoms with E-state index in [0.29, 0.717) is 11.5 Å². The highest BCUT2D eigenvalue weighted by Gasteiger charge is 2.57. The van der Waals surface area contributed by atoms with Crippen LogP contribution in [0.3, 0.4) is 0 Å². The van der Waals surface area contributed by atoms with Crippen molar-refractivity contribution in [2.75, 3.05) is 19.6 Å². The van der Waals surface area contributed by atoms with Crippen molar-refractivity contribution in [2.24, 2.45) is 5.41 Å². The van der Waals surface area contributed by atoms with Gasteiger partial charge in [-0.2, -0.15) is 0 Å². The Bertz CT molecular complexity index is 1620. The van der Waals surface area contributed by atoms with Gasteiger partial charge < -0.3 is 19.8 Å². The molecule has 2 fully saturated rings. The number of aromatic nitrogens is 4. The van der Waals surface area contributed by atoms with Gasteiger partial charge >= 0.3 is 0 Å². The summed E-state index contributed by atoms with van der Waals surface area (Å²) in [4.78, 5) is 45.8. The Hall–Kier alpha value is -3.68. The number of H-pyrrole nitrogens is 2. The van der Waals surface area contributed by atoms with Crippen LogP contribution >= 0.6 is 0 Å². The van der Waals surface area contributed by atoms with Gasteiger partial charge in [-0.05, 0) is 72.6 Å². The van der Waals surface area contributed by atoms with Gasteiger partial charge in [0.2, 0.25) is 5.91 Å². The number of benzene rings is 2. The van der Waals surface area contributed by atoms with E-state index < -0.39 is 0 Å². The number of aromatic amines is 2. The number of carbonyl (C=O) groups excluding carboxylic acids is 2. The van der Waals surface area contributed by atoms with Gasteiger partial charge in [-0.25, -0.2) is 9.97 Å². The van der Waals surface area contributed by atoms with E-state index in [2.05, 4.69) is 52.8 Å². The minimum absolute atomic E-state index is 0.0539. The molecule has 1 aliphatic carbocycles. The van der Waals surface area contributed by atoms with Crippen molar-refractivity contribution in [1.82, 2.24) is 29.7 Å². The summed E-state index contributed by atoms with van der Waals surface area (Å²) in [5.74, 6) is 1.63. The van der Waals surface area contributed by atoms with Crippen molar-refractivity contribution in [2.45, 2.75) is 70.8 Å². The lowest BCUT2D eigenvalue weighted by atomic mass is 9.51. The maximum absolute atomic E-state index is 13.9. The Morgan fingerprint density at radius 3 is 2.56 bits per heavy atom. The summed E-state index contributed by atoms with van der Waals surface area (Å²) in [5.41, 5.74) is 7.12. The average molecular weight is 525 g/mol. The first-order valence-electron chi connectivity index (χ1n) is 14.2. The number of rotatable bonds is 2. The number of imidazole rings is 2. The Morgan fingerprint density at radius 1 is 1.00 bits per heavy atom. The number of fused-ring (bicyclic) bond motifs is 6. The summed E-state index contributed by atoms with van der Waals surface area (Å²) in [7, 11) is 0. The van der Waals surface area contributed by atoms with Gasteiger partial charge in [-0.1, -0.05) is 20.8 Å². The fraction of sp³-hybridized carbons (Fsp3) is 0.484. The van der Waals surface area contributed by atoms with Gasteiger partial charge in [-0.15, -0.1) is 0 Å². The normalized spacial score (nSPS) is 24.8. The van der Waals surface area contributed by atoms with E-state index in [4.69, 9.17) is 4.98 Å². The lowest BCUT2D eigenvalue weighted by molar-refractivity contribution is -0.129. The molecular weight excluding hydrogens is 488 g/mol. The molecule has 2 saturated heterocycles. The fourth-order valence-electron chi connectivity index (χ4n) is 7.58. The number of hydrogen-bond acceptors (Lipinski definition) is 4. The molecule has 4 aromatic rings. The molecule has 2 bridgehead atoms. The zero-order chi connectivity index (χ0) is 27.1. The van der Waals surface area contributed by atoms with E-state index in [9.17, 15) is 9.59 Å². The van der Waals surface area contributed by atoms with Gasteiger partial charge in [0.25, 0.3) is 5.91 Å². The lowest BCUT2D eigenvalue weighted by Gasteiger charge is -2.60. The third-order valence-electron chi connectivity index (χ3n) is 10.5. The zero-order valence-corrected chi connectivity index (χ0v) is 23.2. The van der Waals surface area contributed by atoms with Gasteiger partial charge in [0.1, 0.15) is 5.82 Å². The predicted molar refractivity (Wildman–Crippen MR) is 151 cm³/mol. The van der Waals surface area contributed by atoms with E-state index >= 15 is 0 Å². The highest BCUT2D eigenvalue weighted by Crippen LogP contribution is 2.56. The van der Waals surface area contributed by atoms with Crippen molar-refractivity contribution < 1.29 is 9.59 Å². The number of carbonyl (C=O) groups is 2. The first-order valence-corrected chi connectivity index (χ1v) is 14.2. The number of piperidine rings is 2. The molecule has 2 atom stereocenters. The van der Waals surface area contributed by atoms with Gasteiger partial charge in [0.15, 0.2) is 0 Å². The van der Waals surface area contributed by atoms with Crippen molar-refractivity contribution in [1.29, 1.82) is 0 Å². The first kappa shape index (κ1) is 24.4. The molecule has 2 amide bonds. The molecule has 0 spiro atoms. The summed E-state index contributed by atoms with van der Waals surface area (Å²) in [6.45, 7) is 11.0. The van der Waals surface area contributed by atoms with Crippen LogP contribution in [-0.4, -0.2) is 67.2 Å². The largest absolute Gasteiger partial charge is 0.345 e. The molecule has 202 valence electrons. The molecule has 2 aromatic carbocycles. The summed E-state index contributed by atoms with van der Waals surface area (Å²) in [6, 6.07) is 10.5. The van der Waals surface area contributed by atoms with E-state index in [1.165, 1.54) is 11.1 Å². The van der Waals surface area contributed by atoms with Crippen molar-refractivity contribution in [3.63, 3.8) is 0 Å². The van der Waals surface area contributed by atoms with Crippen LogP contribution in [0.4, 0.5) is 0 Å². The van der Waals surface area contributed by atoms with Gasteiger partial charge in [0, 0.05) is 49.5 Å². The van der Waals surface area contributed by atoms with E-state index in [1.54, 1.807) is 13.3 Å². The lowest BCUT2D eigenvalue weighted by Crippen LogP contribution is -2.64. The van der Waals surface area contributed by atoms with Crippen molar-refractivity contribution in [3.05, 3.63) is 59.2 Å². The van der Waals surface area contributed by atoms with E-state index in [1.807, 2.05) is 23.1 Å². The van der Waals surface area contributed by atoms with Crippen molar-refractivity contribution >= 4 is 33.9 Å². The number of likely N-dealkylation sites (tertiary alicyclic amines) is 2. The third-order valence-corrected chi connectivity index (χ3v) is 10.5. The number of nitrogens with one attached hydrogen (secondary N) is 2. The minimum atomic E-state index is -0.0952. The van der Waals surface area contributed by atoms with Crippen LogP contribution in [0.25, 0.3) is 22.1 Å². The number of nitrogens with zero attached hydrogens (tertiary/aromatic N) is 4.